The molecule has 0 saturated heterocycles. The summed E-state index contributed by atoms with van der Waals surface area (Å²) in [7, 11) is 3.56. The van der Waals surface area contributed by atoms with E-state index in [1.807, 2.05) is 0 Å². The van der Waals surface area contributed by atoms with Crippen LogP contribution in [-0.2, 0) is 6.18 Å². The van der Waals surface area contributed by atoms with Crippen molar-refractivity contribution in [1.82, 2.24) is 0 Å². The Hall–Kier alpha value is -2.04. The molecule has 2 aromatic rings. The molecule has 100 valence electrons. The highest BCUT2D eigenvalue weighted by atomic mass is 19.4. The van der Waals surface area contributed by atoms with Crippen LogP contribution < -0.4 is 4.57 Å². The molecule has 0 radical (unpaired) electrons. The molecule has 1 aromatic heterocycles. The number of hydrogen-bond acceptors (Lipinski definition) is 0. The third-order valence-electron chi connectivity index (χ3n) is 2.82. The van der Waals surface area contributed by atoms with Gasteiger partial charge in [-0.1, -0.05) is 12.1 Å². The Labute approximate surface area is 108 Å². The lowest BCUT2D eigenvalue weighted by Gasteiger charge is -2.13. The van der Waals surface area contributed by atoms with Crippen molar-refractivity contribution >= 4 is 0 Å². The first-order valence-electron chi connectivity index (χ1n) is 5.49. The summed E-state index contributed by atoms with van der Waals surface area (Å²) in [6.07, 6.45) is -3.49. The Morgan fingerprint density at radius 1 is 1.11 bits per heavy atom. The van der Waals surface area contributed by atoms with E-state index in [0.717, 1.165) is 16.8 Å². The number of aromatic nitrogens is 1. The predicted octanol–water partition coefficient (Wildman–Crippen LogP) is 3.75. The lowest BCUT2D eigenvalue weighted by Crippen LogP contribution is -2.30. The van der Waals surface area contributed by atoms with Gasteiger partial charge in [0.2, 0.25) is 0 Å². The summed E-state index contributed by atoms with van der Waals surface area (Å²) in [6.45, 7) is 1.69. The Kier molecular flexibility index (Phi) is 3.22. The van der Waals surface area contributed by atoms with Crippen LogP contribution in [0.25, 0.3) is 11.3 Å². The van der Waals surface area contributed by atoms with Crippen molar-refractivity contribution in [2.75, 3.05) is 0 Å². The average Bonchev–Trinajstić information content (AvgIpc) is 2.28. The molecule has 0 atom stereocenters. The molecule has 0 N–H and O–H groups in total. The first kappa shape index (κ1) is 13.4. The summed E-state index contributed by atoms with van der Waals surface area (Å²) >= 11 is 0. The average molecular weight is 269 g/mol. The third kappa shape index (κ3) is 2.70. The van der Waals surface area contributed by atoms with Crippen LogP contribution in [0.5, 0.6) is 0 Å². The van der Waals surface area contributed by atoms with Gasteiger partial charge >= 0.3 is 6.18 Å². The topological polar surface area (TPSA) is 3.88 Å². The van der Waals surface area contributed by atoms with E-state index in [1.165, 1.54) is 24.3 Å². The molecule has 19 heavy (non-hydrogen) atoms. The molecule has 0 amide bonds. The molecule has 1 aromatic carbocycles. The zero-order valence-corrected chi connectivity index (χ0v) is 10.1. The van der Waals surface area contributed by atoms with Crippen LogP contribution in [-0.4, -0.2) is 0 Å². The fourth-order valence-electron chi connectivity index (χ4n) is 1.87. The number of pyridine rings is 1. The number of halogens is 4. The first-order chi connectivity index (χ1) is 8.79. The largest absolute Gasteiger partial charge is 0.410 e. The molecule has 2 rings (SSSR count). The molecule has 0 fully saturated rings. The Balaban J connectivity index is 2.52. The van der Waals surface area contributed by atoms with Gasteiger partial charge in [-0.25, -0.2) is 4.39 Å². The molecular formula is C14H11F4N. The maximum atomic E-state index is 13.0. The quantitative estimate of drug-likeness (QED) is 0.422. The van der Waals surface area contributed by atoms with Gasteiger partial charge in [-0.05, 0) is 36.2 Å². The number of rotatable bonds is 1. The highest BCUT2D eigenvalue weighted by Crippen LogP contribution is 2.29. The lowest BCUT2D eigenvalue weighted by atomic mass is 10.0. The number of hydrogen-bond donors (Lipinski definition) is 0. The van der Waals surface area contributed by atoms with E-state index in [1.54, 1.807) is 6.92 Å². The van der Waals surface area contributed by atoms with Crippen molar-refractivity contribution in [2.24, 2.45) is 0 Å². The molecular weight excluding hydrogens is 258 g/mol. The van der Waals surface area contributed by atoms with Gasteiger partial charge in [0.05, 0.1) is 11.8 Å². The van der Waals surface area contributed by atoms with E-state index >= 15 is 0 Å². The molecule has 1 nitrogen and oxygen atoms in total. The van der Waals surface area contributed by atoms with E-state index in [4.69, 9.17) is 0 Å². The van der Waals surface area contributed by atoms with Gasteiger partial charge in [0.25, 0.3) is 0 Å². The van der Waals surface area contributed by atoms with Crippen LogP contribution in [0.4, 0.5) is 17.6 Å². The molecule has 0 spiro atoms. The molecule has 0 aliphatic rings. The molecule has 5 heteroatoms. The Bertz CT molecular complexity index is 617. The monoisotopic (exact) mass is 269 g/mol. The van der Waals surface area contributed by atoms with Crippen LogP contribution in [0, 0.1) is 19.8 Å². The minimum atomic E-state index is -4.41. The zero-order chi connectivity index (χ0) is 14.2. The summed E-state index contributed by atoms with van der Waals surface area (Å²) in [6, 6.07) is 6.43. The second kappa shape index (κ2) is 4.57. The predicted molar refractivity (Wildman–Crippen MR) is 62.5 cm³/mol. The van der Waals surface area contributed by atoms with Crippen molar-refractivity contribution in [3.8, 4) is 11.3 Å². The minimum absolute atomic E-state index is 0.385. The summed E-state index contributed by atoms with van der Waals surface area (Å²) in [5, 5.41) is 0. The fraction of sp³-hybridized carbons (Fsp3) is 0.143. The number of aryl methyl sites for hydroxylation is 1. The summed E-state index contributed by atoms with van der Waals surface area (Å²) in [5.41, 5.74) is 0.999. The van der Waals surface area contributed by atoms with Crippen molar-refractivity contribution < 1.29 is 22.1 Å². The van der Waals surface area contributed by atoms with E-state index < -0.39 is 11.7 Å². The van der Waals surface area contributed by atoms with Crippen molar-refractivity contribution in [2.45, 2.75) is 13.1 Å². The summed E-state index contributed by atoms with van der Waals surface area (Å²) < 4.78 is 51.8. The van der Waals surface area contributed by atoms with Gasteiger partial charge in [0, 0.05) is 7.05 Å². The Morgan fingerprint density at radius 3 is 2.32 bits per heavy atom. The smallest absolute Gasteiger partial charge is 0.332 e. The maximum Gasteiger partial charge on any atom is 0.410 e. The molecule has 1 heterocycles. The normalized spacial score (nSPS) is 11.6. The van der Waals surface area contributed by atoms with Gasteiger partial charge in [-0.15, -0.1) is 0 Å². The van der Waals surface area contributed by atoms with Crippen LogP contribution >= 0.6 is 0 Å². The fourth-order valence-corrected chi connectivity index (χ4v) is 1.87. The van der Waals surface area contributed by atoms with Crippen LogP contribution in [0.2, 0.25) is 0 Å². The zero-order valence-electron chi connectivity index (χ0n) is 10.1. The van der Waals surface area contributed by atoms with Crippen molar-refractivity contribution in [3.63, 3.8) is 0 Å². The maximum absolute atomic E-state index is 13.0. The van der Waals surface area contributed by atoms with E-state index in [9.17, 15) is 17.6 Å². The van der Waals surface area contributed by atoms with Crippen LogP contribution in [0.3, 0.4) is 0 Å². The number of nitrogens with zero attached hydrogens (tertiary/aromatic N) is 1. The number of benzene rings is 1. The van der Waals surface area contributed by atoms with Gasteiger partial charge in [0.15, 0.2) is 0 Å². The van der Waals surface area contributed by atoms with Crippen LogP contribution in [0.1, 0.15) is 11.1 Å². The standard InChI is InChI=1S/C14H11F4N/c1-9-7-11(15)4-5-12(9)13-6-3-10(8-19(13)2)14(16,17)18/h3-8H,2H2,1H3. The Morgan fingerprint density at radius 2 is 1.79 bits per heavy atom. The van der Waals surface area contributed by atoms with Gasteiger partial charge < -0.3 is 4.57 Å². The van der Waals surface area contributed by atoms with Crippen molar-refractivity contribution in [3.05, 3.63) is 60.5 Å². The molecule has 0 aliphatic heterocycles. The first-order valence-corrected chi connectivity index (χ1v) is 5.49. The molecule has 0 bridgehead atoms. The van der Waals surface area contributed by atoms with Gasteiger partial charge in [0.1, 0.15) is 11.5 Å². The van der Waals surface area contributed by atoms with Gasteiger partial charge in [-0.2, -0.15) is 13.2 Å². The highest BCUT2D eigenvalue weighted by molar-refractivity contribution is 5.60. The molecule has 0 saturated carbocycles. The van der Waals surface area contributed by atoms with Gasteiger partial charge in [-0.3, -0.25) is 0 Å². The van der Waals surface area contributed by atoms with Crippen molar-refractivity contribution in [1.29, 1.82) is 0 Å². The minimum Gasteiger partial charge on any atom is -0.332 e. The second-order valence-corrected chi connectivity index (χ2v) is 4.23. The van der Waals surface area contributed by atoms with E-state index in [0.29, 0.717) is 16.8 Å². The van der Waals surface area contributed by atoms with Crippen LogP contribution in [0.15, 0.2) is 36.5 Å². The summed E-state index contributed by atoms with van der Waals surface area (Å²) in [5.74, 6) is -0.385. The number of alkyl halides is 3. The SMILES string of the molecule is [CH2-][n+]1cc(C(F)(F)F)ccc1-c1ccc(F)cc1C. The lowest BCUT2D eigenvalue weighted by molar-refractivity contribution is -0.602. The molecule has 0 aliphatic carbocycles. The third-order valence-corrected chi connectivity index (χ3v) is 2.82. The molecule has 0 unspecified atom stereocenters. The van der Waals surface area contributed by atoms with E-state index in [2.05, 4.69) is 7.05 Å². The highest BCUT2D eigenvalue weighted by Gasteiger charge is 2.30. The second-order valence-electron chi connectivity index (χ2n) is 4.23. The van der Waals surface area contributed by atoms with E-state index in [-0.39, 0.29) is 5.82 Å². The summed E-state index contributed by atoms with van der Waals surface area (Å²) in [4.78, 5) is 0.